The quantitative estimate of drug-likeness (QED) is 0.494. The Morgan fingerprint density at radius 1 is 0.844 bits per heavy atom. The molecule has 1 fully saturated rings. The third kappa shape index (κ3) is 3.85. The van der Waals surface area contributed by atoms with E-state index in [2.05, 4.69) is 5.32 Å². The van der Waals surface area contributed by atoms with Gasteiger partial charge >= 0.3 is 6.03 Å². The van der Waals surface area contributed by atoms with Crippen molar-refractivity contribution in [3.63, 3.8) is 0 Å². The number of anilines is 1. The molecule has 1 aliphatic rings. The summed E-state index contributed by atoms with van der Waals surface area (Å²) in [6.45, 7) is 1.92. The summed E-state index contributed by atoms with van der Waals surface area (Å²) in [4.78, 5) is 38.8. The number of benzene rings is 2. The number of aromatic nitrogens is 1. The Morgan fingerprint density at radius 3 is 1.97 bits per heavy atom. The third-order valence-electron chi connectivity index (χ3n) is 5.13. The van der Waals surface area contributed by atoms with Crippen molar-refractivity contribution in [3.8, 4) is 17.2 Å². The van der Waals surface area contributed by atoms with Gasteiger partial charge in [0.1, 0.15) is 17.1 Å². The summed E-state index contributed by atoms with van der Waals surface area (Å²) in [5.74, 6) is -0.104. The number of carbonyl (C=O) groups excluding carboxylic acids is 3. The van der Waals surface area contributed by atoms with Crippen LogP contribution in [0.15, 0.2) is 66.4 Å². The summed E-state index contributed by atoms with van der Waals surface area (Å²) in [7, 11) is 3.12. The Morgan fingerprint density at radius 2 is 1.41 bits per heavy atom. The van der Waals surface area contributed by atoms with Crippen molar-refractivity contribution in [3.05, 3.63) is 77.6 Å². The predicted octanol–water partition coefficient (Wildman–Crippen LogP) is 3.47. The highest BCUT2D eigenvalue weighted by Crippen LogP contribution is 2.25. The Bertz CT molecular complexity index is 1220. The number of nitrogens with zero attached hydrogens (tertiary/aromatic N) is 2. The van der Waals surface area contributed by atoms with Crippen LogP contribution in [0.25, 0.3) is 11.8 Å². The molecular formula is C24H21N3O5. The molecule has 4 rings (SSSR count). The van der Waals surface area contributed by atoms with Crippen molar-refractivity contribution in [2.24, 2.45) is 0 Å². The van der Waals surface area contributed by atoms with Gasteiger partial charge in [-0.1, -0.05) is 0 Å². The van der Waals surface area contributed by atoms with Crippen molar-refractivity contribution < 1.29 is 23.9 Å². The Hall–Kier alpha value is -4.33. The summed E-state index contributed by atoms with van der Waals surface area (Å²) < 4.78 is 12.2. The van der Waals surface area contributed by atoms with Crippen molar-refractivity contribution in [2.75, 3.05) is 19.1 Å². The van der Waals surface area contributed by atoms with Gasteiger partial charge in [0.2, 0.25) is 0 Å². The molecule has 1 aliphatic heterocycles. The lowest BCUT2D eigenvalue weighted by Crippen LogP contribution is -2.54. The number of hydrogen-bond donors (Lipinski definition) is 1. The molecule has 0 radical (unpaired) electrons. The maximum Gasteiger partial charge on any atom is 0.335 e. The van der Waals surface area contributed by atoms with Gasteiger partial charge in [0.25, 0.3) is 11.8 Å². The minimum Gasteiger partial charge on any atom is -0.497 e. The van der Waals surface area contributed by atoms with Gasteiger partial charge in [-0.05, 0) is 73.2 Å². The van der Waals surface area contributed by atoms with E-state index in [-0.39, 0.29) is 5.57 Å². The predicted molar refractivity (Wildman–Crippen MR) is 119 cm³/mol. The molecule has 1 N–H and O–H groups in total. The number of carbonyl (C=O) groups is 3. The van der Waals surface area contributed by atoms with Crippen LogP contribution in [0.1, 0.15) is 11.3 Å². The number of rotatable bonds is 5. The molecule has 4 amide bonds. The largest absolute Gasteiger partial charge is 0.497 e. The molecule has 0 aliphatic carbocycles. The van der Waals surface area contributed by atoms with Gasteiger partial charge in [0.15, 0.2) is 0 Å². The summed E-state index contributed by atoms with van der Waals surface area (Å²) >= 11 is 0. The molecule has 8 nitrogen and oxygen atoms in total. The number of nitrogens with one attached hydrogen (secondary N) is 1. The molecule has 32 heavy (non-hydrogen) atoms. The van der Waals surface area contributed by atoms with Crippen LogP contribution in [-0.4, -0.2) is 36.6 Å². The molecular weight excluding hydrogens is 410 g/mol. The zero-order valence-electron chi connectivity index (χ0n) is 17.8. The molecule has 1 aromatic heterocycles. The normalized spacial score (nSPS) is 15.2. The second kappa shape index (κ2) is 8.43. The van der Waals surface area contributed by atoms with Crippen molar-refractivity contribution in [2.45, 2.75) is 6.92 Å². The van der Waals surface area contributed by atoms with Crippen molar-refractivity contribution in [1.29, 1.82) is 0 Å². The van der Waals surface area contributed by atoms with Gasteiger partial charge in [-0.15, -0.1) is 0 Å². The molecule has 1 saturated heterocycles. The molecule has 0 bridgehead atoms. The molecule has 0 spiro atoms. The standard InChI is InChI=1S/C24H21N3O5/c1-15-12-16(14-26(15)17-4-8-19(31-2)9-5-17)13-21-22(28)25-24(30)27(23(21)29)18-6-10-20(32-3)11-7-18/h4-14H,1-3H3,(H,25,28,30)/b21-13-. The molecule has 0 atom stereocenters. The maximum atomic E-state index is 13.1. The highest BCUT2D eigenvalue weighted by molar-refractivity contribution is 6.39. The van der Waals surface area contributed by atoms with Crippen LogP contribution in [0.2, 0.25) is 0 Å². The summed E-state index contributed by atoms with van der Waals surface area (Å²) in [5.41, 5.74) is 2.67. The van der Waals surface area contributed by atoms with Gasteiger partial charge in [-0.25, -0.2) is 9.69 Å². The lowest BCUT2D eigenvalue weighted by atomic mass is 10.1. The number of urea groups is 1. The molecule has 0 unspecified atom stereocenters. The average molecular weight is 431 g/mol. The number of hydrogen-bond acceptors (Lipinski definition) is 5. The number of aryl methyl sites for hydroxylation is 1. The van der Waals surface area contributed by atoms with Gasteiger partial charge in [0, 0.05) is 17.6 Å². The Kier molecular flexibility index (Phi) is 5.51. The van der Waals surface area contributed by atoms with Crippen LogP contribution >= 0.6 is 0 Å². The Labute approximate surface area is 184 Å². The van der Waals surface area contributed by atoms with Crippen LogP contribution in [-0.2, 0) is 9.59 Å². The molecule has 2 heterocycles. The van der Waals surface area contributed by atoms with E-state index >= 15 is 0 Å². The average Bonchev–Trinajstić information content (AvgIpc) is 3.17. The maximum absolute atomic E-state index is 13.1. The number of methoxy groups -OCH3 is 2. The molecule has 162 valence electrons. The van der Waals surface area contributed by atoms with Crippen LogP contribution < -0.4 is 19.7 Å². The second-order valence-electron chi connectivity index (χ2n) is 7.14. The van der Waals surface area contributed by atoms with Gasteiger partial charge < -0.3 is 14.0 Å². The number of barbiturate groups is 1. The fourth-order valence-electron chi connectivity index (χ4n) is 3.49. The van der Waals surface area contributed by atoms with E-state index in [1.807, 2.05) is 48.0 Å². The van der Waals surface area contributed by atoms with E-state index in [0.29, 0.717) is 17.0 Å². The van der Waals surface area contributed by atoms with Gasteiger partial charge in [-0.2, -0.15) is 0 Å². The first-order valence-electron chi connectivity index (χ1n) is 9.80. The molecule has 8 heteroatoms. The van der Waals surface area contributed by atoms with E-state index in [4.69, 9.17) is 9.47 Å². The smallest absolute Gasteiger partial charge is 0.335 e. The van der Waals surface area contributed by atoms with Crippen LogP contribution in [0, 0.1) is 6.92 Å². The van der Waals surface area contributed by atoms with Gasteiger partial charge in [-0.3, -0.25) is 14.9 Å². The summed E-state index contributed by atoms with van der Waals surface area (Å²) in [5, 5.41) is 2.23. The topological polar surface area (TPSA) is 89.9 Å². The van der Waals surface area contributed by atoms with Crippen LogP contribution in [0.3, 0.4) is 0 Å². The van der Waals surface area contributed by atoms with E-state index < -0.39 is 17.8 Å². The minimum absolute atomic E-state index is 0.132. The zero-order valence-corrected chi connectivity index (χ0v) is 17.8. The first-order valence-corrected chi connectivity index (χ1v) is 9.80. The van der Waals surface area contributed by atoms with E-state index in [1.54, 1.807) is 31.4 Å². The van der Waals surface area contributed by atoms with E-state index in [9.17, 15) is 14.4 Å². The van der Waals surface area contributed by atoms with Crippen molar-refractivity contribution >= 4 is 29.6 Å². The molecule has 0 saturated carbocycles. The number of amides is 4. The van der Waals surface area contributed by atoms with Crippen LogP contribution in [0.5, 0.6) is 11.5 Å². The van der Waals surface area contributed by atoms with E-state index in [1.165, 1.54) is 13.2 Å². The lowest BCUT2D eigenvalue weighted by Gasteiger charge is -2.26. The van der Waals surface area contributed by atoms with Gasteiger partial charge in [0.05, 0.1) is 19.9 Å². The fourth-order valence-corrected chi connectivity index (χ4v) is 3.49. The van der Waals surface area contributed by atoms with E-state index in [0.717, 1.165) is 22.0 Å². The minimum atomic E-state index is -0.797. The zero-order chi connectivity index (χ0) is 22.8. The monoisotopic (exact) mass is 431 g/mol. The SMILES string of the molecule is COc1ccc(N2C(=O)NC(=O)/C(=C/c3cc(C)n(-c4ccc(OC)cc4)c3)C2=O)cc1. The Balaban J connectivity index is 1.67. The summed E-state index contributed by atoms with van der Waals surface area (Å²) in [6, 6.07) is 15.0. The second-order valence-corrected chi connectivity index (χ2v) is 7.14. The highest BCUT2D eigenvalue weighted by Gasteiger charge is 2.36. The summed E-state index contributed by atoms with van der Waals surface area (Å²) in [6.07, 6.45) is 3.30. The van der Waals surface area contributed by atoms with Crippen LogP contribution in [0.4, 0.5) is 10.5 Å². The first kappa shape index (κ1) is 20.9. The van der Waals surface area contributed by atoms with Crippen molar-refractivity contribution in [1.82, 2.24) is 9.88 Å². The molecule has 2 aromatic carbocycles. The highest BCUT2D eigenvalue weighted by atomic mass is 16.5. The number of ether oxygens (including phenoxy) is 2. The number of imide groups is 2. The third-order valence-corrected chi connectivity index (χ3v) is 5.13. The molecule has 3 aromatic rings. The lowest BCUT2D eigenvalue weighted by molar-refractivity contribution is -0.122. The first-order chi connectivity index (χ1) is 15.4. The fraction of sp³-hybridized carbons (Fsp3) is 0.125.